The van der Waals surface area contributed by atoms with E-state index < -0.39 is 17.7 Å². The van der Waals surface area contributed by atoms with Crippen LogP contribution in [0.4, 0.5) is 0 Å². The lowest BCUT2D eigenvalue weighted by molar-refractivity contribution is -0.221. The predicted octanol–water partition coefficient (Wildman–Crippen LogP) is -0.0579. The fraction of sp³-hybridized carbons (Fsp3) is 0.857. The lowest BCUT2D eigenvalue weighted by atomic mass is 9.97. The average Bonchev–Trinajstić information content (AvgIpc) is 2.37. The molecule has 3 N–H and O–H groups in total. The highest BCUT2D eigenvalue weighted by Gasteiger charge is 2.43. The van der Waals surface area contributed by atoms with E-state index in [0.29, 0.717) is 12.8 Å². The second-order valence-electron chi connectivity index (χ2n) is 3.01. The number of rotatable bonds is 2. The molecule has 0 aromatic carbocycles. The Kier molecular flexibility index (Phi) is 2.15. The third-order valence-corrected chi connectivity index (χ3v) is 2.24. The molecule has 1 saturated carbocycles. The number of hydrogen-bond donors (Lipinski definition) is 3. The Labute approximate surface area is 64.5 Å². The van der Waals surface area contributed by atoms with E-state index in [1.165, 1.54) is 0 Å². The second-order valence-corrected chi connectivity index (χ2v) is 3.01. The highest BCUT2D eigenvalue weighted by molar-refractivity contribution is 5.75. The number of hydrogen-bond acceptors (Lipinski definition) is 3. The van der Waals surface area contributed by atoms with Crippen LogP contribution >= 0.6 is 0 Å². The van der Waals surface area contributed by atoms with E-state index in [2.05, 4.69) is 0 Å². The minimum absolute atomic E-state index is 0.486. The Balaban J connectivity index is 2.62. The maximum absolute atomic E-state index is 10.3. The van der Waals surface area contributed by atoms with Gasteiger partial charge < -0.3 is 15.3 Å². The average molecular weight is 160 g/mol. The van der Waals surface area contributed by atoms with Crippen molar-refractivity contribution in [2.24, 2.45) is 5.92 Å². The fourth-order valence-corrected chi connectivity index (χ4v) is 1.50. The molecule has 4 heteroatoms. The van der Waals surface area contributed by atoms with E-state index in [1.54, 1.807) is 0 Å². The largest absolute Gasteiger partial charge is 0.477 e. The molecular formula is C7H12O4. The zero-order valence-electron chi connectivity index (χ0n) is 6.16. The van der Waals surface area contributed by atoms with Crippen molar-refractivity contribution in [1.29, 1.82) is 0 Å². The third kappa shape index (κ3) is 1.52. The summed E-state index contributed by atoms with van der Waals surface area (Å²) >= 11 is 0. The maximum Gasteiger partial charge on any atom is 0.364 e. The molecule has 1 aliphatic carbocycles. The topological polar surface area (TPSA) is 77.8 Å². The van der Waals surface area contributed by atoms with Gasteiger partial charge in [0.25, 0.3) is 5.79 Å². The molecule has 0 aromatic heterocycles. The molecule has 0 spiro atoms. The second kappa shape index (κ2) is 2.79. The van der Waals surface area contributed by atoms with E-state index in [1.807, 2.05) is 0 Å². The van der Waals surface area contributed by atoms with E-state index >= 15 is 0 Å². The lowest BCUT2D eigenvalue weighted by Gasteiger charge is -2.22. The van der Waals surface area contributed by atoms with Crippen molar-refractivity contribution in [3.05, 3.63) is 0 Å². The van der Waals surface area contributed by atoms with Crippen LogP contribution in [0, 0.1) is 5.92 Å². The summed E-state index contributed by atoms with van der Waals surface area (Å²) in [6.45, 7) is 0. The predicted molar refractivity (Wildman–Crippen MR) is 36.8 cm³/mol. The van der Waals surface area contributed by atoms with Gasteiger partial charge in [-0.15, -0.1) is 0 Å². The molecule has 0 saturated heterocycles. The van der Waals surface area contributed by atoms with Crippen molar-refractivity contribution in [2.75, 3.05) is 0 Å². The highest BCUT2D eigenvalue weighted by Crippen LogP contribution is 2.32. The van der Waals surface area contributed by atoms with E-state index in [9.17, 15) is 4.79 Å². The molecule has 0 radical (unpaired) electrons. The molecule has 1 rings (SSSR count). The minimum atomic E-state index is -2.50. The van der Waals surface area contributed by atoms with Gasteiger partial charge in [-0.05, 0) is 12.8 Å². The van der Waals surface area contributed by atoms with Gasteiger partial charge >= 0.3 is 5.97 Å². The Hall–Kier alpha value is -0.610. The molecule has 0 amide bonds. The summed E-state index contributed by atoms with van der Waals surface area (Å²) in [6.07, 6.45) is 2.97. The zero-order chi connectivity index (χ0) is 8.48. The molecule has 64 valence electrons. The van der Waals surface area contributed by atoms with Crippen LogP contribution < -0.4 is 0 Å². The van der Waals surface area contributed by atoms with E-state index in [-0.39, 0.29) is 0 Å². The van der Waals surface area contributed by atoms with E-state index in [0.717, 1.165) is 12.8 Å². The van der Waals surface area contributed by atoms with Crippen molar-refractivity contribution < 1.29 is 20.1 Å². The number of aliphatic carboxylic acids is 1. The van der Waals surface area contributed by atoms with E-state index in [4.69, 9.17) is 15.3 Å². The van der Waals surface area contributed by atoms with Crippen molar-refractivity contribution in [1.82, 2.24) is 0 Å². The lowest BCUT2D eigenvalue weighted by Crippen LogP contribution is -2.44. The number of carboxylic acids is 1. The van der Waals surface area contributed by atoms with Gasteiger partial charge in [0.1, 0.15) is 0 Å². The summed E-state index contributed by atoms with van der Waals surface area (Å²) in [5.41, 5.74) is 0. The Morgan fingerprint density at radius 3 is 2.09 bits per heavy atom. The molecule has 11 heavy (non-hydrogen) atoms. The molecule has 0 heterocycles. The monoisotopic (exact) mass is 160 g/mol. The molecule has 0 atom stereocenters. The molecular weight excluding hydrogens is 148 g/mol. The van der Waals surface area contributed by atoms with Crippen LogP contribution in [-0.4, -0.2) is 27.1 Å². The Morgan fingerprint density at radius 1 is 1.27 bits per heavy atom. The summed E-state index contributed by atoms with van der Waals surface area (Å²) in [5, 5.41) is 26.5. The molecule has 0 aliphatic heterocycles. The van der Waals surface area contributed by atoms with Crippen molar-refractivity contribution in [2.45, 2.75) is 31.5 Å². The van der Waals surface area contributed by atoms with Crippen molar-refractivity contribution in [3.63, 3.8) is 0 Å². The van der Waals surface area contributed by atoms with Crippen LogP contribution in [-0.2, 0) is 4.79 Å². The smallest absolute Gasteiger partial charge is 0.364 e. The first kappa shape index (κ1) is 8.49. The minimum Gasteiger partial charge on any atom is -0.477 e. The zero-order valence-corrected chi connectivity index (χ0v) is 6.16. The van der Waals surface area contributed by atoms with Gasteiger partial charge in [0, 0.05) is 5.92 Å². The first-order valence-corrected chi connectivity index (χ1v) is 3.73. The molecule has 1 aliphatic rings. The SMILES string of the molecule is O=C(O)C(O)(O)C1CCCC1. The van der Waals surface area contributed by atoms with Crippen LogP contribution in [0.15, 0.2) is 0 Å². The molecule has 0 unspecified atom stereocenters. The fourth-order valence-electron chi connectivity index (χ4n) is 1.50. The normalized spacial score (nSPS) is 20.5. The molecule has 0 aromatic rings. The number of aliphatic hydroxyl groups is 2. The van der Waals surface area contributed by atoms with Crippen LogP contribution in [0.3, 0.4) is 0 Å². The van der Waals surface area contributed by atoms with Gasteiger partial charge in [0.15, 0.2) is 0 Å². The summed E-state index contributed by atoms with van der Waals surface area (Å²) in [4.78, 5) is 10.3. The number of carboxylic acid groups (broad SMARTS) is 1. The number of carbonyl (C=O) groups is 1. The Morgan fingerprint density at radius 2 is 1.73 bits per heavy atom. The summed E-state index contributed by atoms with van der Waals surface area (Å²) in [5.74, 6) is -4.53. The molecule has 4 nitrogen and oxygen atoms in total. The molecule has 1 fully saturated rings. The summed E-state index contributed by atoms with van der Waals surface area (Å²) in [7, 11) is 0. The van der Waals surface area contributed by atoms with Crippen molar-refractivity contribution >= 4 is 5.97 Å². The first-order valence-electron chi connectivity index (χ1n) is 3.73. The van der Waals surface area contributed by atoms with Crippen LogP contribution in [0.5, 0.6) is 0 Å². The van der Waals surface area contributed by atoms with Gasteiger partial charge in [-0.25, -0.2) is 4.79 Å². The van der Waals surface area contributed by atoms with Crippen LogP contribution in [0.2, 0.25) is 0 Å². The van der Waals surface area contributed by atoms with Gasteiger partial charge in [-0.2, -0.15) is 0 Å². The quantitative estimate of drug-likeness (QED) is 0.494. The highest BCUT2D eigenvalue weighted by atomic mass is 16.5. The Bertz CT molecular complexity index is 158. The van der Waals surface area contributed by atoms with Crippen LogP contribution in [0.1, 0.15) is 25.7 Å². The van der Waals surface area contributed by atoms with Crippen LogP contribution in [0.25, 0.3) is 0 Å². The van der Waals surface area contributed by atoms with Gasteiger partial charge in [-0.1, -0.05) is 12.8 Å². The van der Waals surface area contributed by atoms with Gasteiger partial charge in [0.05, 0.1) is 0 Å². The summed E-state index contributed by atoms with van der Waals surface area (Å²) in [6, 6.07) is 0. The maximum atomic E-state index is 10.3. The van der Waals surface area contributed by atoms with Crippen molar-refractivity contribution in [3.8, 4) is 0 Å². The third-order valence-electron chi connectivity index (χ3n) is 2.24. The standard InChI is InChI=1S/C7H12O4/c8-6(9)7(10,11)5-3-1-2-4-5/h5,10-11H,1-4H2,(H,8,9). The van der Waals surface area contributed by atoms with Gasteiger partial charge in [0.2, 0.25) is 0 Å². The van der Waals surface area contributed by atoms with Gasteiger partial charge in [-0.3, -0.25) is 0 Å². The first-order chi connectivity index (χ1) is 5.05. The molecule has 0 bridgehead atoms. The summed E-state index contributed by atoms with van der Waals surface area (Å²) < 4.78 is 0.